The summed E-state index contributed by atoms with van der Waals surface area (Å²) in [6.07, 6.45) is 5.46. The zero-order chi connectivity index (χ0) is 14.5. The number of hydrogen-bond donors (Lipinski definition) is 1. The van der Waals surface area contributed by atoms with Gasteiger partial charge in [0.05, 0.1) is 0 Å². The summed E-state index contributed by atoms with van der Waals surface area (Å²) >= 11 is 0. The van der Waals surface area contributed by atoms with Gasteiger partial charge in [-0.15, -0.1) is 0 Å². The average Bonchev–Trinajstić information content (AvgIpc) is 2.55. The molecule has 4 nitrogen and oxygen atoms in total. The molecule has 3 rings (SSSR count). The van der Waals surface area contributed by atoms with E-state index < -0.39 is 0 Å². The van der Waals surface area contributed by atoms with Gasteiger partial charge in [0.25, 0.3) is 5.56 Å². The van der Waals surface area contributed by atoms with Crippen LogP contribution in [0.15, 0.2) is 65.8 Å². The number of nitrogens with one attached hydrogen (secondary N) is 1. The van der Waals surface area contributed by atoms with E-state index in [9.17, 15) is 4.79 Å². The van der Waals surface area contributed by atoms with Gasteiger partial charge >= 0.3 is 0 Å². The Hall–Kier alpha value is -2.46. The molecule has 0 aliphatic rings. The Kier molecular flexibility index (Phi) is 4.07. The van der Waals surface area contributed by atoms with E-state index in [0.717, 1.165) is 29.4 Å². The summed E-state index contributed by atoms with van der Waals surface area (Å²) < 4.78 is 1.75. The van der Waals surface area contributed by atoms with E-state index in [-0.39, 0.29) is 5.56 Å². The molecule has 0 radical (unpaired) electrons. The van der Waals surface area contributed by atoms with Crippen molar-refractivity contribution in [2.24, 2.45) is 0 Å². The molecule has 0 unspecified atom stereocenters. The van der Waals surface area contributed by atoms with Crippen LogP contribution in [0.2, 0.25) is 0 Å². The van der Waals surface area contributed by atoms with Gasteiger partial charge in [0.15, 0.2) is 0 Å². The first-order chi connectivity index (χ1) is 10.3. The number of rotatable bonds is 5. The van der Waals surface area contributed by atoms with Gasteiger partial charge in [0, 0.05) is 43.6 Å². The normalized spacial score (nSPS) is 10.9. The van der Waals surface area contributed by atoms with Crippen molar-refractivity contribution in [2.45, 2.75) is 13.1 Å². The third kappa shape index (κ3) is 3.17. The number of aromatic nitrogens is 2. The lowest BCUT2D eigenvalue weighted by molar-refractivity contribution is 0.587. The summed E-state index contributed by atoms with van der Waals surface area (Å²) in [5.41, 5.74) is 1.21. The van der Waals surface area contributed by atoms with Gasteiger partial charge in [-0.25, -0.2) is 0 Å². The predicted molar refractivity (Wildman–Crippen MR) is 84.2 cm³/mol. The minimum absolute atomic E-state index is 0.0660. The quantitative estimate of drug-likeness (QED) is 0.728. The predicted octanol–water partition coefficient (Wildman–Crippen LogP) is 2.19. The van der Waals surface area contributed by atoms with E-state index in [1.54, 1.807) is 10.8 Å². The summed E-state index contributed by atoms with van der Waals surface area (Å²) in [4.78, 5) is 16.4. The van der Waals surface area contributed by atoms with Crippen molar-refractivity contribution in [1.82, 2.24) is 14.9 Å². The van der Waals surface area contributed by atoms with Crippen molar-refractivity contribution in [3.63, 3.8) is 0 Å². The number of hydrogen-bond acceptors (Lipinski definition) is 3. The average molecular weight is 279 g/mol. The van der Waals surface area contributed by atoms with Crippen molar-refractivity contribution in [3.8, 4) is 0 Å². The van der Waals surface area contributed by atoms with E-state index in [0.29, 0.717) is 6.54 Å². The molecule has 0 aliphatic carbocycles. The van der Waals surface area contributed by atoms with Gasteiger partial charge in [-0.1, -0.05) is 24.3 Å². The second-order valence-electron chi connectivity index (χ2n) is 4.94. The highest BCUT2D eigenvalue weighted by atomic mass is 16.1. The van der Waals surface area contributed by atoms with Crippen LogP contribution in [0.25, 0.3) is 10.8 Å². The van der Waals surface area contributed by atoms with Gasteiger partial charge in [-0.3, -0.25) is 9.78 Å². The standard InChI is InChI=1S/C17H17N3O/c21-17-16-6-2-1-5-15(16)7-10-20(17)11-9-19-13-14-4-3-8-18-12-14/h1-8,10,12,19H,9,11,13H2. The second-order valence-corrected chi connectivity index (χ2v) is 4.94. The smallest absolute Gasteiger partial charge is 0.258 e. The molecule has 0 bridgehead atoms. The molecule has 106 valence electrons. The van der Waals surface area contributed by atoms with Crippen LogP contribution < -0.4 is 10.9 Å². The fourth-order valence-electron chi connectivity index (χ4n) is 2.34. The summed E-state index contributed by atoms with van der Waals surface area (Å²) in [5.74, 6) is 0. The fraction of sp³-hybridized carbons (Fsp3) is 0.176. The third-order valence-corrected chi connectivity index (χ3v) is 3.47. The summed E-state index contributed by atoms with van der Waals surface area (Å²) in [5, 5.41) is 5.08. The SMILES string of the molecule is O=c1c2ccccc2ccn1CCNCc1cccnc1. The maximum absolute atomic E-state index is 12.3. The molecule has 0 fully saturated rings. The maximum atomic E-state index is 12.3. The van der Waals surface area contributed by atoms with E-state index in [1.807, 2.05) is 54.9 Å². The zero-order valence-corrected chi connectivity index (χ0v) is 11.7. The topological polar surface area (TPSA) is 46.9 Å². The number of benzene rings is 1. The molecule has 21 heavy (non-hydrogen) atoms. The van der Waals surface area contributed by atoms with E-state index in [2.05, 4.69) is 10.3 Å². The van der Waals surface area contributed by atoms with E-state index in [4.69, 9.17) is 0 Å². The minimum atomic E-state index is 0.0660. The highest BCUT2D eigenvalue weighted by Crippen LogP contribution is 2.07. The van der Waals surface area contributed by atoms with Crippen molar-refractivity contribution in [3.05, 3.63) is 77.0 Å². The van der Waals surface area contributed by atoms with Crippen LogP contribution >= 0.6 is 0 Å². The Balaban J connectivity index is 1.63. The first-order valence-electron chi connectivity index (χ1n) is 7.02. The molecular weight excluding hydrogens is 262 g/mol. The van der Waals surface area contributed by atoms with Crippen LogP contribution in [0.4, 0.5) is 0 Å². The van der Waals surface area contributed by atoms with Crippen LogP contribution in [0.3, 0.4) is 0 Å². The highest BCUT2D eigenvalue weighted by molar-refractivity contribution is 5.81. The van der Waals surface area contributed by atoms with Crippen molar-refractivity contribution in [1.29, 1.82) is 0 Å². The Bertz CT molecular complexity index is 781. The molecule has 4 heteroatoms. The number of pyridine rings is 2. The largest absolute Gasteiger partial charge is 0.314 e. The zero-order valence-electron chi connectivity index (χ0n) is 11.7. The van der Waals surface area contributed by atoms with Crippen molar-refractivity contribution in [2.75, 3.05) is 6.54 Å². The van der Waals surface area contributed by atoms with Gasteiger partial charge in [-0.05, 0) is 29.1 Å². The first-order valence-corrected chi connectivity index (χ1v) is 7.02. The van der Waals surface area contributed by atoms with E-state index >= 15 is 0 Å². The fourth-order valence-corrected chi connectivity index (χ4v) is 2.34. The maximum Gasteiger partial charge on any atom is 0.258 e. The van der Waals surface area contributed by atoms with Crippen molar-refractivity contribution < 1.29 is 0 Å². The molecule has 3 aromatic rings. The van der Waals surface area contributed by atoms with Crippen LogP contribution in [0.5, 0.6) is 0 Å². The third-order valence-electron chi connectivity index (χ3n) is 3.47. The monoisotopic (exact) mass is 279 g/mol. The summed E-state index contributed by atoms with van der Waals surface area (Å²) in [6.45, 7) is 2.16. The van der Waals surface area contributed by atoms with Crippen molar-refractivity contribution >= 4 is 10.8 Å². The molecule has 0 amide bonds. The first kappa shape index (κ1) is 13.5. The Morgan fingerprint density at radius 2 is 2.00 bits per heavy atom. The van der Waals surface area contributed by atoms with Gasteiger partial charge in [0.1, 0.15) is 0 Å². The molecule has 0 saturated carbocycles. The van der Waals surface area contributed by atoms with Crippen LogP contribution in [0, 0.1) is 0 Å². The summed E-state index contributed by atoms with van der Waals surface area (Å²) in [6, 6.07) is 13.6. The lowest BCUT2D eigenvalue weighted by Gasteiger charge is -2.08. The lowest BCUT2D eigenvalue weighted by Crippen LogP contribution is -2.26. The van der Waals surface area contributed by atoms with Gasteiger partial charge < -0.3 is 9.88 Å². The summed E-state index contributed by atoms with van der Waals surface area (Å²) in [7, 11) is 0. The molecule has 2 heterocycles. The van der Waals surface area contributed by atoms with Crippen LogP contribution in [-0.2, 0) is 13.1 Å². The molecule has 1 aromatic carbocycles. The molecular formula is C17H17N3O. The second kappa shape index (κ2) is 6.33. The minimum Gasteiger partial charge on any atom is -0.314 e. The van der Waals surface area contributed by atoms with Gasteiger partial charge in [-0.2, -0.15) is 0 Å². The molecule has 1 N–H and O–H groups in total. The molecule has 0 aliphatic heterocycles. The molecule has 0 spiro atoms. The molecule has 0 atom stereocenters. The number of fused-ring (bicyclic) bond motifs is 1. The van der Waals surface area contributed by atoms with Crippen LogP contribution in [0.1, 0.15) is 5.56 Å². The number of nitrogens with zero attached hydrogens (tertiary/aromatic N) is 2. The van der Waals surface area contributed by atoms with E-state index in [1.165, 1.54) is 0 Å². The Morgan fingerprint density at radius 1 is 1.10 bits per heavy atom. The highest BCUT2D eigenvalue weighted by Gasteiger charge is 2.01. The Morgan fingerprint density at radius 3 is 2.86 bits per heavy atom. The molecule has 0 saturated heterocycles. The van der Waals surface area contributed by atoms with Crippen LogP contribution in [-0.4, -0.2) is 16.1 Å². The Labute approximate surface area is 123 Å². The molecule has 2 aromatic heterocycles. The van der Waals surface area contributed by atoms with Gasteiger partial charge in [0.2, 0.25) is 0 Å². The lowest BCUT2D eigenvalue weighted by atomic mass is 10.2.